The van der Waals surface area contributed by atoms with Crippen LogP contribution in [-0.2, 0) is 0 Å². The lowest BCUT2D eigenvalue weighted by Crippen LogP contribution is -2.42. The van der Waals surface area contributed by atoms with Gasteiger partial charge >= 0.3 is 0 Å². The van der Waals surface area contributed by atoms with Gasteiger partial charge in [0.15, 0.2) is 0 Å². The highest BCUT2D eigenvalue weighted by Gasteiger charge is 2.24. The zero-order chi connectivity index (χ0) is 11.8. The van der Waals surface area contributed by atoms with Crippen LogP contribution in [0.15, 0.2) is 0 Å². The maximum absolute atomic E-state index is 3.57. The van der Waals surface area contributed by atoms with Crippen LogP contribution in [0, 0.1) is 5.41 Å². The first-order valence-electron chi connectivity index (χ1n) is 6.02. The Hall–Kier alpha value is -0.0400. The Morgan fingerprint density at radius 1 is 0.929 bits per heavy atom. The Morgan fingerprint density at radius 3 is 1.64 bits per heavy atom. The highest BCUT2D eigenvalue weighted by atomic mass is 14.9. The molecule has 0 heterocycles. The van der Waals surface area contributed by atoms with Gasteiger partial charge < -0.3 is 5.32 Å². The van der Waals surface area contributed by atoms with Gasteiger partial charge in [-0.15, -0.1) is 0 Å². The largest absolute Gasteiger partial charge is 0.312 e. The molecule has 88 valence electrons. The van der Waals surface area contributed by atoms with Gasteiger partial charge in [-0.25, -0.2) is 0 Å². The first-order chi connectivity index (χ1) is 6.27. The predicted molar refractivity (Wildman–Crippen MR) is 67.8 cm³/mol. The molecule has 0 radical (unpaired) electrons. The van der Waals surface area contributed by atoms with Gasteiger partial charge in [0, 0.05) is 5.54 Å². The van der Waals surface area contributed by atoms with Crippen LogP contribution in [0.4, 0.5) is 0 Å². The summed E-state index contributed by atoms with van der Waals surface area (Å²) < 4.78 is 0. The van der Waals surface area contributed by atoms with E-state index in [0.29, 0.717) is 5.41 Å². The second-order valence-corrected chi connectivity index (χ2v) is 5.55. The lowest BCUT2D eigenvalue weighted by molar-refractivity contribution is 0.243. The van der Waals surface area contributed by atoms with Crippen LogP contribution in [-0.4, -0.2) is 12.1 Å². The molecule has 14 heavy (non-hydrogen) atoms. The molecule has 1 heteroatoms. The van der Waals surface area contributed by atoms with E-state index in [0.717, 1.165) is 6.54 Å². The molecule has 0 saturated heterocycles. The molecular weight excluding hydrogens is 170 g/mol. The average Bonchev–Trinajstić information content (AvgIpc) is 2.00. The van der Waals surface area contributed by atoms with Gasteiger partial charge in [-0.3, -0.25) is 0 Å². The number of nitrogens with one attached hydrogen (secondary N) is 1. The van der Waals surface area contributed by atoms with E-state index < -0.39 is 0 Å². The summed E-state index contributed by atoms with van der Waals surface area (Å²) in [7, 11) is 0. The van der Waals surface area contributed by atoms with E-state index in [1.807, 2.05) is 13.8 Å². The third-order valence-corrected chi connectivity index (χ3v) is 1.83. The van der Waals surface area contributed by atoms with Crippen LogP contribution in [0.3, 0.4) is 0 Å². The number of rotatable bonds is 4. The van der Waals surface area contributed by atoms with Crippen LogP contribution in [0.5, 0.6) is 0 Å². The Balaban J connectivity index is 0. The highest BCUT2D eigenvalue weighted by Crippen LogP contribution is 2.26. The lowest BCUT2D eigenvalue weighted by atomic mass is 9.82. The molecule has 0 aromatic carbocycles. The Bertz CT molecular complexity index is 120. The topological polar surface area (TPSA) is 12.0 Å². The zero-order valence-electron chi connectivity index (χ0n) is 11.6. The fourth-order valence-electron chi connectivity index (χ4n) is 1.85. The van der Waals surface area contributed by atoms with Gasteiger partial charge in [-0.1, -0.05) is 41.5 Å². The quantitative estimate of drug-likeness (QED) is 0.718. The van der Waals surface area contributed by atoms with Crippen molar-refractivity contribution in [1.82, 2.24) is 5.32 Å². The number of hydrogen-bond acceptors (Lipinski definition) is 1. The van der Waals surface area contributed by atoms with E-state index in [4.69, 9.17) is 0 Å². The molecule has 0 aliphatic heterocycles. The average molecular weight is 201 g/mol. The molecule has 0 aliphatic carbocycles. The van der Waals surface area contributed by atoms with Crippen molar-refractivity contribution in [3.8, 4) is 0 Å². The molecule has 1 nitrogen and oxygen atoms in total. The lowest BCUT2D eigenvalue weighted by Gasteiger charge is -2.33. The van der Waals surface area contributed by atoms with Gasteiger partial charge in [-0.2, -0.15) is 0 Å². The first kappa shape index (κ1) is 16.4. The summed E-state index contributed by atoms with van der Waals surface area (Å²) in [5.41, 5.74) is 0.707. The predicted octanol–water partition coefficient (Wildman–Crippen LogP) is 4.23. The van der Waals surface area contributed by atoms with Crippen LogP contribution in [0.25, 0.3) is 0 Å². The molecule has 0 spiro atoms. The zero-order valence-corrected chi connectivity index (χ0v) is 11.6. The standard InChI is InChI=1S/C11H25N.C2H6/c1-7-8-12-11(5,6)9-10(2,3)4;1-2/h12H,7-9H2,1-6H3;1-2H3. The van der Waals surface area contributed by atoms with Gasteiger partial charge in [-0.05, 0) is 38.6 Å². The van der Waals surface area contributed by atoms with Crippen molar-refractivity contribution in [1.29, 1.82) is 0 Å². The minimum atomic E-state index is 0.286. The normalized spacial score (nSPS) is 12.0. The maximum atomic E-state index is 3.57. The minimum absolute atomic E-state index is 0.286. The Labute approximate surface area is 91.7 Å². The van der Waals surface area contributed by atoms with Gasteiger partial charge in [0.05, 0.1) is 0 Å². The molecule has 0 rings (SSSR count). The van der Waals surface area contributed by atoms with E-state index in [9.17, 15) is 0 Å². The van der Waals surface area contributed by atoms with Gasteiger partial charge in [0.1, 0.15) is 0 Å². The van der Waals surface area contributed by atoms with E-state index in [2.05, 4.69) is 46.9 Å². The molecule has 0 fully saturated rings. The van der Waals surface area contributed by atoms with E-state index >= 15 is 0 Å². The van der Waals surface area contributed by atoms with Crippen LogP contribution in [0.1, 0.15) is 68.2 Å². The molecule has 0 aliphatic rings. The molecular formula is C13H31N. The fraction of sp³-hybridized carbons (Fsp3) is 1.00. The summed E-state index contributed by atoms with van der Waals surface area (Å²) in [6.45, 7) is 18.8. The van der Waals surface area contributed by atoms with Crippen molar-refractivity contribution in [2.75, 3.05) is 6.54 Å². The Morgan fingerprint density at radius 2 is 1.36 bits per heavy atom. The van der Waals surface area contributed by atoms with Crippen molar-refractivity contribution >= 4 is 0 Å². The maximum Gasteiger partial charge on any atom is 0.0130 e. The molecule has 0 bridgehead atoms. The SMILES string of the molecule is CC.CCCNC(C)(C)CC(C)(C)C. The van der Waals surface area contributed by atoms with Gasteiger partial charge in [0.25, 0.3) is 0 Å². The van der Waals surface area contributed by atoms with Crippen LogP contribution in [0.2, 0.25) is 0 Å². The minimum Gasteiger partial charge on any atom is -0.312 e. The molecule has 0 atom stereocenters. The molecule has 0 amide bonds. The summed E-state index contributed by atoms with van der Waals surface area (Å²) in [5, 5.41) is 3.57. The third kappa shape index (κ3) is 12.0. The fourth-order valence-corrected chi connectivity index (χ4v) is 1.85. The first-order valence-corrected chi connectivity index (χ1v) is 6.02. The molecule has 0 saturated carbocycles. The van der Waals surface area contributed by atoms with Crippen molar-refractivity contribution < 1.29 is 0 Å². The molecule has 0 aromatic rings. The monoisotopic (exact) mass is 201 g/mol. The molecule has 1 N–H and O–H groups in total. The van der Waals surface area contributed by atoms with E-state index in [1.54, 1.807) is 0 Å². The highest BCUT2D eigenvalue weighted by molar-refractivity contribution is 4.82. The van der Waals surface area contributed by atoms with E-state index in [-0.39, 0.29) is 5.54 Å². The summed E-state index contributed by atoms with van der Waals surface area (Å²) in [5.74, 6) is 0. The molecule has 0 unspecified atom stereocenters. The van der Waals surface area contributed by atoms with Crippen molar-refractivity contribution in [2.24, 2.45) is 5.41 Å². The van der Waals surface area contributed by atoms with Crippen molar-refractivity contribution in [2.45, 2.75) is 73.8 Å². The smallest absolute Gasteiger partial charge is 0.0130 e. The summed E-state index contributed by atoms with van der Waals surface area (Å²) >= 11 is 0. The van der Waals surface area contributed by atoms with Crippen molar-refractivity contribution in [3.05, 3.63) is 0 Å². The van der Waals surface area contributed by atoms with Crippen molar-refractivity contribution in [3.63, 3.8) is 0 Å². The summed E-state index contributed by atoms with van der Waals surface area (Å²) in [4.78, 5) is 0. The second-order valence-electron chi connectivity index (χ2n) is 5.55. The number of hydrogen-bond donors (Lipinski definition) is 1. The van der Waals surface area contributed by atoms with E-state index in [1.165, 1.54) is 12.8 Å². The second kappa shape index (κ2) is 7.28. The molecule has 0 aromatic heterocycles. The third-order valence-electron chi connectivity index (χ3n) is 1.83. The van der Waals surface area contributed by atoms with Gasteiger partial charge in [0.2, 0.25) is 0 Å². The van der Waals surface area contributed by atoms with Crippen LogP contribution < -0.4 is 5.32 Å². The summed E-state index contributed by atoms with van der Waals surface area (Å²) in [6, 6.07) is 0. The Kier molecular flexibility index (Phi) is 8.52. The summed E-state index contributed by atoms with van der Waals surface area (Å²) in [6.07, 6.45) is 2.44. The van der Waals surface area contributed by atoms with Crippen LogP contribution >= 0.6 is 0 Å².